The highest BCUT2D eigenvalue weighted by Crippen LogP contribution is 1.90. The summed E-state index contributed by atoms with van der Waals surface area (Å²) in [7, 11) is 0. The number of thiol groups is 1. The average molecular weight is 164 g/mol. The molecule has 0 rings (SSSR count). The summed E-state index contributed by atoms with van der Waals surface area (Å²) in [6, 6.07) is -0.672. The Bertz CT molecular complexity index is 118. The van der Waals surface area contributed by atoms with Crippen LogP contribution in [-0.4, -0.2) is 24.0 Å². The van der Waals surface area contributed by atoms with E-state index in [0.29, 0.717) is 0 Å². The number of carbonyl (C=O) groups is 1. The minimum absolute atomic E-state index is 0.269. The van der Waals surface area contributed by atoms with Crippen LogP contribution in [0.5, 0.6) is 0 Å². The molecule has 0 aliphatic heterocycles. The van der Waals surface area contributed by atoms with Crippen LogP contribution in [0.4, 0.5) is 0 Å². The van der Waals surface area contributed by atoms with E-state index in [-0.39, 0.29) is 5.75 Å². The quantitative estimate of drug-likeness (QED) is 0.287. The number of hydrogen-bond acceptors (Lipinski definition) is 5. The largest absolute Gasteiger partial charge is 0.446 e. The lowest BCUT2D eigenvalue weighted by atomic mass is 10.4. The van der Waals surface area contributed by atoms with Gasteiger partial charge in [-0.05, 0) is 6.92 Å². The molecule has 0 amide bonds. The van der Waals surface area contributed by atoms with Crippen molar-refractivity contribution in [3.05, 3.63) is 0 Å². The Morgan fingerprint density at radius 3 is 2.50 bits per heavy atom. The first-order valence-corrected chi connectivity index (χ1v) is 3.53. The van der Waals surface area contributed by atoms with Crippen molar-refractivity contribution < 1.29 is 9.53 Å². The molecule has 0 saturated carbocycles. The number of ether oxygens (including phenoxy) is 1. The van der Waals surface area contributed by atoms with Crippen molar-refractivity contribution in [1.29, 1.82) is 0 Å². The van der Waals surface area contributed by atoms with E-state index in [9.17, 15) is 4.79 Å². The van der Waals surface area contributed by atoms with Crippen molar-refractivity contribution in [1.82, 2.24) is 0 Å². The van der Waals surface area contributed by atoms with Gasteiger partial charge in [-0.1, -0.05) is 0 Å². The lowest BCUT2D eigenvalue weighted by Crippen LogP contribution is -2.37. The normalized spacial score (nSPS) is 16.0. The molecule has 0 heterocycles. The summed E-state index contributed by atoms with van der Waals surface area (Å²) in [5.41, 5.74) is 10.4. The standard InChI is InChI=1S/C5H12N2O2S/c1-3(6)9-5(8)4(7)2-10/h3-4,10H,2,6-7H2,1H3/t3?,4-/m0/s1. The molecule has 0 aromatic carbocycles. The minimum atomic E-state index is -0.672. The van der Waals surface area contributed by atoms with Gasteiger partial charge in [0.25, 0.3) is 0 Å². The van der Waals surface area contributed by atoms with E-state index in [2.05, 4.69) is 17.4 Å². The van der Waals surface area contributed by atoms with Gasteiger partial charge in [-0.25, -0.2) is 0 Å². The molecule has 0 spiro atoms. The predicted molar refractivity (Wildman–Crippen MR) is 41.6 cm³/mol. The highest BCUT2D eigenvalue weighted by Gasteiger charge is 2.13. The highest BCUT2D eigenvalue weighted by atomic mass is 32.1. The van der Waals surface area contributed by atoms with Gasteiger partial charge in [0, 0.05) is 5.75 Å². The summed E-state index contributed by atoms with van der Waals surface area (Å²) in [5, 5.41) is 0. The van der Waals surface area contributed by atoms with Gasteiger partial charge in [0.1, 0.15) is 12.3 Å². The molecule has 1 unspecified atom stereocenters. The summed E-state index contributed by atoms with van der Waals surface area (Å²) < 4.78 is 4.57. The van der Waals surface area contributed by atoms with E-state index < -0.39 is 18.2 Å². The monoisotopic (exact) mass is 164 g/mol. The number of carbonyl (C=O) groups excluding carboxylic acids is 1. The first-order valence-electron chi connectivity index (χ1n) is 2.90. The fourth-order valence-electron chi connectivity index (χ4n) is 0.345. The summed E-state index contributed by atoms with van der Waals surface area (Å²) in [5.74, 6) is -0.240. The maximum atomic E-state index is 10.7. The average Bonchev–Trinajstić information content (AvgIpc) is 1.85. The Morgan fingerprint density at radius 2 is 2.20 bits per heavy atom. The van der Waals surface area contributed by atoms with Gasteiger partial charge in [-0.2, -0.15) is 12.6 Å². The van der Waals surface area contributed by atoms with Crippen molar-refractivity contribution >= 4 is 18.6 Å². The van der Waals surface area contributed by atoms with Crippen LogP contribution in [0.15, 0.2) is 0 Å². The zero-order valence-electron chi connectivity index (χ0n) is 5.78. The molecule has 0 aromatic rings. The van der Waals surface area contributed by atoms with E-state index in [4.69, 9.17) is 11.5 Å². The Kier molecular flexibility index (Phi) is 4.42. The SMILES string of the molecule is CC(N)OC(=O)[C@@H](N)CS. The molecule has 0 aromatic heterocycles. The van der Waals surface area contributed by atoms with Gasteiger partial charge >= 0.3 is 5.97 Å². The second-order valence-electron chi connectivity index (χ2n) is 1.93. The van der Waals surface area contributed by atoms with E-state index in [1.165, 1.54) is 0 Å². The van der Waals surface area contributed by atoms with Crippen LogP contribution in [0.1, 0.15) is 6.92 Å². The Balaban J connectivity index is 3.62. The van der Waals surface area contributed by atoms with Gasteiger partial charge in [0.15, 0.2) is 0 Å². The first kappa shape index (κ1) is 9.74. The zero-order valence-corrected chi connectivity index (χ0v) is 6.67. The number of rotatable bonds is 3. The molecule has 4 nitrogen and oxygen atoms in total. The minimum Gasteiger partial charge on any atom is -0.446 e. The van der Waals surface area contributed by atoms with Gasteiger partial charge in [0.2, 0.25) is 0 Å². The maximum absolute atomic E-state index is 10.7. The molecule has 10 heavy (non-hydrogen) atoms. The zero-order chi connectivity index (χ0) is 8.15. The van der Waals surface area contributed by atoms with Crippen molar-refractivity contribution in [2.24, 2.45) is 11.5 Å². The van der Waals surface area contributed by atoms with Crippen LogP contribution in [0.3, 0.4) is 0 Å². The van der Waals surface area contributed by atoms with E-state index in [1.807, 2.05) is 0 Å². The Hall–Kier alpha value is -0.260. The molecule has 5 heteroatoms. The summed E-state index contributed by atoms with van der Waals surface area (Å²) in [4.78, 5) is 10.7. The molecule has 60 valence electrons. The third kappa shape index (κ3) is 3.71. The maximum Gasteiger partial charge on any atom is 0.325 e. The topological polar surface area (TPSA) is 78.3 Å². The third-order valence-corrected chi connectivity index (χ3v) is 1.19. The lowest BCUT2D eigenvalue weighted by Gasteiger charge is -2.10. The van der Waals surface area contributed by atoms with Gasteiger partial charge < -0.3 is 10.5 Å². The molecule has 0 bridgehead atoms. The smallest absolute Gasteiger partial charge is 0.325 e. The molecule has 0 radical (unpaired) electrons. The second kappa shape index (κ2) is 4.54. The molecule has 0 aliphatic rings. The van der Waals surface area contributed by atoms with Crippen molar-refractivity contribution in [2.75, 3.05) is 5.75 Å². The van der Waals surface area contributed by atoms with Crippen LogP contribution < -0.4 is 11.5 Å². The first-order chi connectivity index (χ1) is 4.57. The van der Waals surface area contributed by atoms with Crippen LogP contribution in [-0.2, 0) is 9.53 Å². The molecule has 0 saturated heterocycles. The van der Waals surface area contributed by atoms with Crippen LogP contribution in [0.2, 0.25) is 0 Å². The summed E-state index contributed by atoms with van der Waals surface area (Å²) in [6.45, 7) is 1.56. The van der Waals surface area contributed by atoms with Crippen LogP contribution >= 0.6 is 12.6 Å². The molecular formula is C5H12N2O2S. The Labute approximate surface area is 65.3 Å². The number of nitrogens with two attached hydrogens (primary N) is 2. The van der Waals surface area contributed by atoms with Crippen LogP contribution in [0, 0.1) is 0 Å². The van der Waals surface area contributed by atoms with E-state index in [0.717, 1.165) is 0 Å². The van der Waals surface area contributed by atoms with Crippen molar-refractivity contribution in [3.63, 3.8) is 0 Å². The molecule has 2 atom stereocenters. The molecule has 0 fully saturated rings. The van der Waals surface area contributed by atoms with Gasteiger partial charge in [0.05, 0.1) is 0 Å². The van der Waals surface area contributed by atoms with Gasteiger partial charge in [-0.15, -0.1) is 0 Å². The molecule has 0 aliphatic carbocycles. The number of esters is 1. The predicted octanol–water partition coefficient (Wildman–Crippen LogP) is -0.909. The van der Waals surface area contributed by atoms with Crippen molar-refractivity contribution in [2.45, 2.75) is 19.2 Å². The fourth-order valence-corrected chi connectivity index (χ4v) is 0.494. The summed E-state index contributed by atoms with van der Waals surface area (Å²) in [6.07, 6.45) is -0.599. The highest BCUT2D eigenvalue weighted by molar-refractivity contribution is 7.80. The lowest BCUT2D eigenvalue weighted by molar-refractivity contribution is -0.148. The fraction of sp³-hybridized carbons (Fsp3) is 0.800. The van der Waals surface area contributed by atoms with Crippen molar-refractivity contribution in [3.8, 4) is 0 Å². The number of hydrogen-bond donors (Lipinski definition) is 3. The molecule has 4 N–H and O–H groups in total. The van der Waals surface area contributed by atoms with Gasteiger partial charge in [-0.3, -0.25) is 10.5 Å². The summed E-state index contributed by atoms with van der Waals surface area (Å²) >= 11 is 3.81. The van der Waals surface area contributed by atoms with E-state index in [1.54, 1.807) is 6.92 Å². The Morgan fingerprint density at radius 1 is 1.70 bits per heavy atom. The van der Waals surface area contributed by atoms with E-state index >= 15 is 0 Å². The third-order valence-electron chi connectivity index (χ3n) is 0.801. The second-order valence-corrected chi connectivity index (χ2v) is 2.30. The van der Waals surface area contributed by atoms with Crippen LogP contribution in [0.25, 0.3) is 0 Å². The molecular weight excluding hydrogens is 152 g/mol.